The molecule has 1 aromatic heterocycles. The molecule has 2 aromatic carbocycles. The van der Waals surface area contributed by atoms with Crippen molar-refractivity contribution in [3.05, 3.63) is 76.1 Å². The third kappa shape index (κ3) is 4.83. The Morgan fingerprint density at radius 2 is 1.94 bits per heavy atom. The van der Waals surface area contributed by atoms with E-state index in [-0.39, 0.29) is 23.2 Å². The lowest BCUT2D eigenvalue weighted by Gasteiger charge is -2.25. The van der Waals surface area contributed by atoms with Gasteiger partial charge in [0.05, 0.1) is 18.3 Å². The lowest BCUT2D eigenvalue weighted by Crippen LogP contribution is -2.36. The number of aryl methyl sites for hydroxylation is 1. The molecule has 2 heterocycles. The molecule has 0 aliphatic carbocycles. The van der Waals surface area contributed by atoms with Crippen molar-refractivity contribution in [3.8, 4) is 0 Å². The predicted octanol–water partition coefficient (Wildman–Crippen LogP) is 4.16. The third-order valence-corrected chi connectivity index (χ3v) is 5.98. The van der Waals surface area contributed by atoms with Gasteiger partial charge in [-0.1, -0.05) is 23.7 Å². The van der Waals surface area contributed by atoms with Gasteiger partial charge in [0.1, 0.15) is 11.6 Å². The first kappa shape index (κ1) is 22.7. The number of carbonyl (C=O) groups is 2. The number of anilines is 1. The molecule has 3 amide bonds. The van der Waals surface area contributed by atoms with Crippen LogP contribution in [0.2, 0.25) is 5.02 Å². The number of hydrogen-bond acceptors (Lipinski definition) is 4. The molecule has 3 aromatic rings. The van der Waals surface area contributed by atoms with Gasteiger partial charge in [0, 0.05) is 24.2 Å². The van der Waals surface area contributed by atoms with E-state index in [0.29, 0.717) is 30.4 Å². The summed E-state index contributed by atoms with van der Waals surface area (Å²) in [6.07, 6.45) is 1.50. The van der Waals surface area contributed by atoms with Gasteiger partial charge >= 0.3 is 6.03 Å². The van der Waals surface area contributed by atoms with E-state index in [1.807, 2.05) is 35.8 Å². The van der Waals surface area contributed by atoms with Gasteiger partial charge in [-0.25, -0.2) is 9.18 Å². The summed E-state index contributed by atoms with van der Waals surface area (Å²) in [6, 6.07) is 10.6. The van der Waals surface area contributed by atoms with Gasteiger partial charge in [0.2, 0.25) is 0 Å². The number of urea groups is 1. The highest BCUT2D eigenvalue weighted by molar-refractivity contribution is 6.30. The van der Waals surface area contributed by atoms with Crippen LogP contribution >= 0.6 is 11.6 Å². The first-order valence-electron chi connectivity index (χ1n) is 10.6. The molecule has 0 saturated carbocycles. The summed E-state index contributed by atoms with van der Waals surface area (Å²) in [5.74, 6) is 0.426. The zero-order valence-corrected chi connectivity index (χ0v) is 19.1. The van der Waals surface area contributed by atoms with Crippen molar-refractivity contribution in [1.29, 1.82) is 0 Å². The van der Waals surface area contributed by atoms with Crippen LogP contribution in [0.15, 0.2) is 42.5 Å². The van der Waals surface area contributed by atoms with E-state index in [0.717, 1.165) is 23.9 Å². The van der Waals surface area contributed by atoms with E-state index in [4.69, 9.17) is 11.6 Å². The zero-order valence-electron chi connectivity index (χ0n) is 18.3. The lowest BCUT2D eigenvalue weighted by molar-refractivity contribution is 0.0963. The molecule has 8 nitrogen and oxygen atoms in total. The van der Waals surface area contributed by atoms with Crippen molar-refractivity contribution < 1.29 is 14.0 Å². The minimum atomic E-state index is -0.617. The highest BCUT2D eigenvalue weighted by atomic mass is 35.5. The second kappa shape index (κ2) is 9.58. The number of hydrogen-bond donors (Lipinski definition) is 2. The Morgan fingerprint density at radius 3 is 2.67 bits per heavy atom. The van der Waals surface area contributed by atoms with Crippen molar-refractivity contribution in [2.75, 3.05) is 18.9 Å². The fraction of sp³-hybridized carbons (Fsp3) is 0.304. The number of rotatable bonds is 5. The van der Waals surface area contributed by atoms with Crippen LogP contribution in [0.5, 0.6) is 0 Å². The van der Waals surface area contributed by atoms with E-state index in [9.17, 15) is 14.0 Å². The van der Waals surface area contributed by atoms with E-state index in [1.165, 1.54) is 19.2 Å². The predicted molar refractivity (Wildman–Crippen MR) is 123 cm³/mol. The Kier molecular flexibility index (Phi) is 6.60. The summed E-state index contributed by atoms with van der Waals surface area (Å²) in [7, 11) is 1.49. The first-order chi connectivity index (χ1) is 15.9. The average molecular weight is 471 g/mol. The molecule has 1 saturated heterocycles. The largest absolute Gasteiger partial charge is 0.355 e. The number of aromatic nitrogens is 3. The second-order valence-electron chi connectivity index (χ2n) is 7.87. The van der Waals surface area contributed by atoms with Crippen molar-refractivity contribution >= 4 is 29.2 Å². The standard InChI is InChI=1S/C23H24ClFN6O2/c1-14-28-29-21(31(14)13-15-5-8-17(24)9-6-15)20-4-3-11-30(20)23(33)27-19-12-16(22(32)26-2)7-10-18(19)25/h5-10,12,20H,3-4,11,13H2,1-2H3,(H,26,32)(H,27,33)/t20-/m1/s1. The zero-order chi connectivity index (χ0) is 23.5. The minimum absolute atomic E-state index is 0.0504. The van der Waals surface area contributed by atoms with Crippen LogP contribution in [0.1, 0.15) is 46.5 Å². The van der Waals surface area contributed by atoms with Crippen LogP contribution in [0.4, 0.5) is 14.9 Å². The van der Waals surface area contributed by atoms with Crippen LogP contribution in [0.3, 0.4) is 0 Å². The van der Waals surface area contributed by atoms with Crippen LogP contribution in [-0.4, -0.2) is 45.2 Å². The van der Waals surface area contributed by atoms with Gasteiger partial charge in [-0.15, -0.1) is 10.2 Å². The number of likely N-dealkylation sites (tertiary alicyclic amines) is 1. The SMILES string of the molecule is CNC(=O)c1ccc(F)c(NC(=O)N2CCC[C@@H]2c2nnc(C)n2Cc2ccc(Cl)cc2)c1. The molecule has 0 radical (unpaired) electrons. The normalized spacial score (nSPS) is 15.5. The quantitative estimate of drug-likeness (QED) is 0.585. The first-order valence-corrected chi connectivity index (χ1v) is 11.0. The highest BCUT2D eigenvalue weighted by Gasteiger charge is 2.34. The molecule has 172 valence electrons. The number of benzene rings is 2. The molecule has 1 fully saturated rings. The molecular formula is C23H24ClFN6O2. The van der Waals surface area contributed by atoms with E-state index < -0.39 is 11.8 Å². The topological polar surface area (TPSA) is 92.2 Å². The molecule has 1 atom stereocenters. The smallest absolute Gasteiger partial charge is 0.322 e. The number of carbonyl (C=O) groups excluding carboxylic acids is 2. The second-order valence-corrected chi connectivity index (χ2v) is 8.31. The van der Waals surface area contributed by atoms with Gasteiger partial charge in [-0.05, 0) is 55.7 Å². The molecule has 4 rings (SSSR count). The summed E-state index contributed by atoms with van der Waals surface area (Å²) in [6.45, 7) is 2.91. The van der Waals surface area contributed by atoms with Crippen molar-refractivity contribution in [3.63, 3.8) is 0 Å². The molecule has 1 aliphatic rings. The van der Waals surface area contributed by atoms with Crippen molar-refractivity contribution in [2.24, 2.45) is 0 Å². The van der Waals surface area contributed by atoms with Crippen LogP contribution in [0.25, 0.3) is 0 Å². The van der Waals surface area contributed by atoms with E-state index in [2.05, 4.69) is 20.8 Å². The van der Waals surface area contributed by atoms with Gasteiger partial charge in [-0.3, -0.25) is 4.79 Å². The molecule has 0 unspecified atom stereocenters. The van der Waals surface area contributed by atoms with Gasteiger partial charge < -0.3 is 20.1 Å². The Balaban J connectivity index is 1.56. The number of amides is 3. The molecule has 0 spiro atoms. The van der Waals surface area contributed by atoms with Crippen molar-refractivity contribution in [2.45, 2.75) is 32.4 Å². The highest BCUT2D eigenvalue weighted by Crippen LogP contribution is 2.32. The van der Waals surface area contributed by atoms with Gasteiger partial charge in [0.25, 0.3) is 5.91 Å². The van der Waals surface area contributed by atoms with Crippen LogP contribution in [-0.2, 0) is 6.54 Å². The third-order valence-electron chi connectivity index (χ3n) is 5.73. The Hall–Kier alpha value is -3.46. The maximum Gasteiger partial charge on any atom is 0.322 e. The van der Waals surface area contributed by atoms with E-state index >= 15 is 0 Å². The number of nitrogens with one attached hydrogen (secondary N) is 2. The fourth-order valence-electron chi connectivity index (χ4n) is 3.98. The van der Waals surface area contributed by atoms with Gasteiger partial charge in [-0.2, -0.15) is 0 Å². The number of halogens is 2. The monoisotopic (exact) mass is 470 g/mol. The average Bonchev–Trinajstić information content (AvgIpc) is 3.43. The lowest BCUT2D eigenvalue weighted by atomic mass is 10.1. The van der Waals surface area contributed by atoms with E-state index in [1.54, 1.807) is 4.90 Å². The van der Waals surface area contributed by atoms with Crippen molar-refractivity contribution in [1.82, 2.24) is 25.0 Å². The number of nitrogens with zero attached hydrogens (tertiary/aromatic N) is 4. The summed E-state index contributed by atoms with van der Waals surface area (Å²) in [4.78, 5) is 26.6. The van der Waals surface area contributed by atoms with Crippen LogP contribution in [0, 0.1) is 12.7 Å². The maximum atomic E-state index is 14.3. The molecule has 10 heteroatoms. The molecule has 0 bridgehead atoms. The molecule has 1 aliphatic heterocycles. The molecule has 2 N–H and O–H groups in total. The Labute approximate surface area is 195 Å². The molecule has 33 heavy (non-hydrogen) atoms. The Morgan fingerprint density at radius 1 is 1.18 bits per heavy atom. The summed E-state index contributed by atoms with van der Waals surface area (Å²) < 4.78 is 16.3. The fourth-order valence-corrected chi connectivity index (χ4v) is 4.11. The summed E-state index contributed by atoms with van der Waals surface area (Å²) in [5.41, 5.74) is 1.24. The summed E-state index contributed by atoms with van der Waals surface area (Å²) >= 11 is 6.00. The maximum absolute atomic E-state index is 14.3. The minimum Gasteiger partial charge on any atom is -0.355 e. The van der Waals surface area contributed by atoms with Gasteiger partial charge in [0.15, 0.2) is 5.82 Å². The van der Waals surface area contributed by atoms with Crippen LogP contribution < -0.4 is 10.6 Å². The Bertz CT molecular complexity index is 1180. The summed E-state index contributed by atoms with van der Waals surface area (Å²) in [5, 5.41) is 14.3. The molecular weight excluding hydrogens is 447 g/mol.